The number of phenols is 2. The molecule has 200 valence electrons. The number of thioether (sulfide) groups is 1. The molecule has 38 heavy (non-hydrogen) atoms. The third kappa shape index (κ3) is 3.71. The number of ketones is 1. The maximum absolute atomic E-state index is 14.1. The van der Waals surface area contributed by atoms with E-state index in [1.54, 1.807) is 11.3 Å². The van der Waals surface area contributed by atoms with Crippen LogP contribution in [0, 0.1) is 22.7 Å². The Hall–Kier alpha value is -2.82. The van der Waals surface area contributed by atoms with E-state index in [4.69, 9.17) is 4.74 Å². The van der Waals surface area contributed by atoms with Crippen LogP contribution in [0.3, 0.4) is 0 Å². The Bertz CT molecular complexity index is 1390. The van der Waals surface area contributed by atoms with E-state index in [0.717, 1.165) is 40.5 Å². The van der Waals surface area contributed by atoms with Crippen molar-refractivity contribution < 1.29 is 34.4 Å². The maximum atomic E-state index is 14.1. The predicted octanol–water partition coefficient (Wildman–Crippen LogP) is 5.42. The van der Waals surface area contributed by atoms with E-state index in [-0.39, 0.29) is 47.4 Å². The molecule has 2 aliphatic heterocycles. The summed E-state index contributed by atoms with van der Waals surface area (Å²) >= 11 is 3.09. The van der Waals surface area contributed by atoms with Gasteiger partial charge in [-0.25, -0.2) is 4.79 Å². The summed E-state index contributed by atoms with van der Waals surface area (Å²) in [4.78, 5) is 39.3. The number of hydrogen-bond donors (Lipinski definition) is 4. The topological polar surface area (TPSA) is 133 Å². The summed E-state index contributed by atoms with van der Waals surface area (Å²) in [6.07, 6.45) is 5.13. The SMILES string of the molecule is C[C@]12C[C@@]34C=C(Sc5cccs5)C(=O)[C@@](C)(CCC(=O)Nc5c(O)ccc(C(=O)O)c5O)[C@@H]3[C@H](C[C@@H]1C4)O2. The van der Waals surface area contributed by atoms with E-state index >= 15 is 0 Å². The molecule has 1 aromatic heterocycles. The number of nitrogens with one attached hydrogen (secondary N) is 1. The Morgan fingerprint density at radius 2 is 2.03 bits per heavy atom. The molecule has 1 amide bonds. The number of benzene rings is 1. The van der Waals surface area contributed by atoms with Gasteiger partial charge in [-0.15, -0.1) is 11.3 Å². The highest BCUT2D eigenvalue weighted by Crippen LogP contribution is 2.72. The predicted molar refractivity (Wildman–Crippen MR) is 143 cm³/mol. The molecule has 10 heteroatoms. The molecular formula is C28H29NO7S2. The number of rotatable bonds is 7. The zero-order chi connectivity index (χ0) is 27.0. The number of carbonyl (C=O) groups is 3. The normalized spacial score (nSPS) is 34.7. The number of aromatic carboxylic acids is 1. The van der Waals surface area contributed by atoms with E-state index in [2.05, 4.69) is 18.3 Å². The van der Waals surface area contributed by atoms with E-state index in [9.17, 15) is 29.7 Å². The van der Waals surface area contributed by atoms with Gasteiger partial charge in [-0.05, 0) is 67.5 Å². The summed E-state index contributed by atoms with van der Waals surface area (Å²) in [7, 11) is 0. The summed E-state index contributed by atoms with van der Waals surface area (Å²) < 4.78 is 7.59. The summed E-state index contributed by atoms with van der Waals surface area (Å²) in [6, 6.07) is 6.14. The lowest BCUT2D eigenvalue weighted by Gasteiger charge is -2.56. The van der Waals surface area contributed by atoms with Crippen molar-refractivity contribution in [1.82, 2.24) is 0 Å². The second-order valence-corrected chi connectivity index (χ2v) is 13.8. The number of ether oxygens (including phenoxy) is 1. The molecule has 2 saturated carbocycles. The van der Waals surface area contributed by atoms with E-state index in [0.29, 0.717) is 5.92 Å². The molecule has 1 aromatic carbocycles. The van der Waals surface area contributed by atoms with Crippen molar-refractivity contribution >= 4 is 46.4 Å². The molecule has 1 spiro atoms. The Kier molecular flexibility index (Phi) is 5.76. The van der Waals surface area contributed by atoms with Crippen LogP contribution in [0.4, 0.5) is 5.69 Å². The van der Waals surface area contributed by atoms with Crippen LogP contribution in [-0.4, -0.2) is 44.7 Å². The number of thiophene rings is 1. The van der Waals surface area contributed by atoms with Crippen LogP contribution in [0.2, 0.25) is 0 Å². The van der Waals surface area contributed by atoms with E-state index < -0.39 is 34.4 Å². The van der Waals surface area contributed by atoms with Crippen molar-refractivity contribution in [3.8, 4) is 11.5 Å². The van der Waals surface area contributed by atoms with Gasteiger partial charge in [0.2, 0.25) is 5.91 Å². The van der Waals surface area contributed by atoms with E-state index in [1.165, 1.54) is 11.8 Å². The number of amides is 1. The molecule has 3 aliphatic carbocycles. The van der Waals surface area contributed by atoms with Gasteiger partial charge in [0.15, 0.2) is 11.5 Å². The van der Waals surface area contributed by atoms with Crippen LogP contribution >= 0.6 is 23.1 Å². The number of carboxylic acid groups (broad SMARTS) is 1. The van der Waals surface area contributed by atoms with Crippen molar-refractivity contribution in [2.75, 3.05) is 5.32 Å². The Morgan fingerprint density at radius 1 is 1.24 bits per heavy atom. The molecule has 2 aromatic rings. The number of aromatic hydroxyl groups is 2. The van der Waals surface area contributed by atoms with Crippen LogP contribution in [-0.2, 0) is 14.3 Å². The third-order valence-electron chi connectivity index (χ3n) is 9.17. The Labute approximate surface area is 228 Å². The minimum atomic E-state index is -1.38. The minimum absolute atomic E-state index is 0.0143. The average molecular weight is 556 g/mol. The van der Waals surface area contributed by atoms with Crippen molar-refractivity contribution in [3.63, 3.8) is 0 Å². The fourth-order valence-electron chi connectivity index (χ4n) is 7.72. The van der Waals surface area contributed by atoms with Crippen LogP contribution in [0.25, 0.3) is 0 Å². The van der Waals surface area contributed by atoms with E-state index in [1.807, 2.05) is 24.4 Å². The molecule has 6 atom stereocenters. The zero-order valence-electron chi connectivity index (χ0n) is 21.0. The first-order chi connectivity index (χ1) is 18.0. The molecule has 2 saturated heterocycles. The number of anilines is 1. The first-order valence-corrected chi connectivity index (χ1v) is 14.4. The molecule has 7 rings (SSSR count). The molecule has 4 N–H and O–H groups in total. The first-order valence-electron chi connectivity index (χ1n) is 12.7. The molecule has 4 fully saturated rings. The fraction of sp³-hybridized carbons (Fsp3) is 0.464. The second kappa shape index (κ2) is 8.59. The lowest BCUT2D eigenvalue weighted by atomic mass is 9.51. The zero-order valence-corrected chi connectivity index (χ0v) is 22.7. The van der Waals surface area contributed by atoms with Crippen LogP contribution < -0.4 is 5.32 Å². The molecule has 3 heterocycles. The quantitative estimate of drug-likeness (QED) is 0.333. The van der Waals surface area contributed by atoms with Crippen LogP contribution in [0.15, 0.2) is 44.8 Å². The van der Waals surface area contributed by atoms with Gasteiger partial charge in [0, 0.05) is 17.8 Å². The van der Waals surface area contributed by atoms with Crippen LogP contribution in [0.1, 0.15) is 56.3 Å². The third-order valence-corrected chi connectivity index (χ3v) is 11.2. The monoisotopic (exact) mass is 555 g/mol. The Balaban J connectivity index is 1.29. The van der Waals surface area contributed by atoms with Gasteiger partial charge in [0.1, 0.15) is 17.0 Å². The Morgan fingerprint density at radius 3 is 2.71 bits per heavy atom. The molecule has 4 bridgehead atoms. The number of allylic oxidation sites excluding steroid dienone is 2. The summed E-state index contributed by atoms with van der Waals surface area (Å²) in [5, 5.41) is 34.2. The fourth-order valence-corrected chi connectivity index (χ4v) is 9.78. The van der Waals surface area contributed by atoms with Crippen molar-refractivity contribution in [1.29, 1.82) is 0 Å². The molecular weight excluding hydrogens is 526 g/mol. The van der Waals surface area contributed by atoms with Crippen molar-refractivity contribution in [2.45, 2.75) is 61.9 Å². The molecule has 0 unspecified atom stereocenters. The van der Waals surface area contributed by atoms with Gasteiger partial charge >= 0.3 is 5.97 Å². The van der Waals surface area contributed by atoms with Crippen molar-refractivity contribution in [2.24, 2.45) is 22.7 Å². The highest BCUT2D eigenvalue weighted by Gasteiger charge is 2.72. The van der Waals surface area contributed by atoms with Gasteiger partial charge in [-0.1, -0.05) is 30.8 Å². The number of carboxylic acids is 1. The summed E-state index contributed by atoms with van der Waals surface area (Å²) in [5.41, 5.74) is -1.97. The van der Waals surface area contributed by atoms with Gasteiger partial charge in [0.25, 0.3) is 0 Å². The number of Topliss-reactive ketones (excluding diaryl/α,β-unsaturated/α-hetero) is 1. The van der Waals surface area contributed by atoms with Gasteiger partial charge < -0.3 is 25.4 Å². The molecule has 5 aliphatic rings. The smallest absolute Gasteiger partial charge is 0.339 e. The van der Waals surface area contributed by atoms with Gasteiger partial charge in [0.05, 0.1) is 20.8 Å². The summed E-state index contributed by atoms with van der Waals surface area (Å²) in [6.45, 7) is 4.14. The molecule has 0 radical (unpaired) electrons. The largest absolute Gasteiger partial charge is 0.506 e. The maximum Gasteiger partial charge on any atom is 0.339 e. The van der Waals surface area contributed by atoms with Crippen molar-refractivity contribution in [3.05, 3.63) is 46.2 Å². The number of hydrogen-bond acceptors (Lipinski definition) is 8. The summed E-state index contributed by atoms with van der Waals surface area (Å²) in [5.74, 6) is -2.64. The highest BCUT2D eigenvalue weighted by molar-refractivity contribution is 8.05. The standard InChI is InChI=1S/C28H29NO7S2/c1-26(8-7-19(31)29-21-16(30)6-5-15(22(21)32)25(34)35)23-17-10-14-11-28(23,13-27(14,2)36-17)12-18(24(26)33)38-20-4-3-9-37-20/h3-6,9,12,14,17,23,30,32H,7-8,10-11,13H2,1-2H3,(H,29,31)(H,34,35)/t14-,17+,23+,26+,27+,28-/m1/s1. The minimum Gasteiger partial charge on any atom is -0.506 e. The van der Waals surface area contributed by atoms with Gasteiger partial charge in [-0.3, -0.25) is 9.59 Å². The highest BCUT2D eigenvalue weighted by atomic mass is 32.2. The lowest BCUT2D eigenvalue weighted by Crippen LogP contribution is -2.57. The van der Waals surface area contributed by atoms with Crippen LogP contribution in [0.5, 0.6) is 11.5 Å². The van der Waals surface area contributed by atoms with Gasteiger partial charge in [-0.2, -0.15) is 0 Å². The lowest BCUT2D eigenvalue weighted by molar-refractivity contribution is -0.169. The molecule has 8 nitrogen and oxygen atoms in total. The second-order valence-electron chi connectivity index (χ2n) is 11.5. The number of phenolic OH excluding ortho intramolecular Hbond substituents is 1. The average Bonchev–Trinajstić information content (AvgIpc) is 3.49. The first kappa shape index (κ1) is 25.5. The number of carbonyl (C=O) groups excluding carboxylic acids is 2.